The van der Waals surface area contributed by atoms with Crippen molar-refractivity contribution in [1.29, 1.82) is 0 Å². The highest BCUT2D eigenvalue weighted by Crippen LogP contribution is 2.09. The highest BCUT2D eigenvalue weighted by Gasteiger charge is 2.13. The Bertz CT molecular complexity index is 366. The lowest BCUT2D eigenvalue weighted by molar-refractivity contribution is 0.209. The van der Waals surface area contributed by atoms with E-state index in [4.69, 9.17) is 0 Å². The second-order valence-electron chi connectivity index (χ2n) is 5.15. The summed E-state index contributed by atoms with van der Waals surface area (Å²) >= 11 is 0. The predicted octanol–water partition coefficient (Wildman–Crippen LogP) is 1.95. The van der Waals surface area contributed by atoms with Gasteiger partial charge in [0.15, 0.2) is 0 Å². The molecule has 100 valence electrons. The first-order valence-corrected chi connectivity index (χ1v) is 6.89. The fourth-order valence-electron chi connectivity index (χ4n) is 2.45. The number of hydrogen-bond donors (Lipinski definition) is 1. The normalized spacial score (nSPS) is 18.7. The van der Waals surface area contributed by atoms with E-state index in [1.807, 2.05) is 12.4 Å². The standard InChI is InChI=1S/C14H24N4/c1-3-18-12-14(10-16-18)9-15-13(2)11-17-7-5-4-6-8-17/h3,10,12-13,15H,1,4-9,11H2,2H3. The first-order valence-electron chi connectivity index (χ1n) is 6.89. The minimum Gasteiger partial charge on any atom is -0.309 e. The predicted molar refractivity (Wildman–Crippen MR) is 75.2 cm³/mol. The van der Waals surface area contributed by atoms with Crippen LogP contribution >= 0.6 is 0 Å². The molecule has 1 aromatic heterocycles. The Kier molecular flexibility index (Phi) is 4.96. The molecule has 1 aliphatic heterocycles. The number of rotatable bonds is 6. The van der Waals surface area contributed by atoms with E-state index in [-0.39, 0.29) is 0 Å². The minimum absolute atomic E-state index is 0.523. The molecule has 2 heterocycles. The summed E-state index contributed by atoms with van der Waals surface area (Å²) in [6.07, 6.45) is 9.73. The second-order valence-corrected chi connectivity index (χ2v) is 5.15. The van der Waals surface area contributed by atoms with Gasteiger partial charge < -0.3 is 10.2 Å². The Balaban J connectivity index is 1.70. The van der Waals surface area contributed by atoms with Gasteiger partial charge in [0.1, 0.15) is 0 Å². The third kappa shape index (κ3) is 3.96. The summed E-state index contributed by atoms with van der Waals surface area (Å²) in [5.74, 6) is 0. The van der Waals surface area contributed by atoms with E-state index in [0.29, 0.717) is 6.04 Å². The molecule has 0 spiro atoms. The Morgan fingerprint density at radius 3 is 2.89 bits per heavy atom. The van der Waals surface area contributed by atoms with Crippen molar-refractivity contribution >= 4 is 6.20 Å². The van der Waals surface area contributed by atoms with Gasteiger partial charge in [-0.15, -0.1) is 0 Å². The van der Waals surface area contributed by atoms with Crippen molar-refractivity contribution in [2.75, 3.05) is 19.6 Å². The summed E-state index contributed by atoms with van der Waals surface area (Å²) in [6.45, 7) is 10.5. The van der Waals surface area contributed by atoms with E-state index in [2.05, 4.69) is 28.8 Å². The lowest BCUT2D eigenvalue weighted by atomic mass is 10.1. The quantitative estimate of drug-likeness (QED) is 0.835. The van der Waals surface area contributed by atoms with Crippen LogP contribution in [0.25, 0.3) is 6.20 Å². The van der Waals surface area contributed by atoms with Crippen LogP contribution < -0.4 is 5.32 Å². The van der Waals surface area contributed by atoms with Gasteiger partial charge in [0.25, 0.3) is 0 Å². The molecule has 0 saturated carbocycles. The maximum absolute atomic E-state index is 4.18. The zero-order valence-corrected chi connectivity index (χ0v) is 11.3. The van der Waals surface area contributed by atoms with E-state index >= 15 is 0 Å². The Labute approximate surface area is 110 Å². The molecule has 4 nitrogen and oxygen atoms in total. The molecule has 4 heteroatoms. The van der Waals surface area contributed by atoms with Crippen molar-refractivity contribution in [3.8, 4) is 0 Å². The Morgan fingerprint density at radius 1 is 1.44 bits per heavy atom. The summed E-state index contributed by atoms with van der Waals surface area (Å²) < 4.78 is 1.74. The smallest absolute Gasteiger partial charge is 0.0538 e. The number of piperidine rings is 1. The van der Waals surface area contributed by atoms with E-state index < -0.39 is 0 Å². The molecule has 0 aliphatic carbocycles. The van der Waals surface area contributed by atoms with E-state index in [1.54, 1.807) is 10.9 Å². The van der Waals surface area contributed by atoms with E-state index in [9.17, 15) is 0 Å². The lowest BCUT2D eigenvalue weighted by Crippen LogP contribution is -2.41. The fourth-order valence-corrected chi connectivity index (χ4v) is 2.45. The molecule has 0 aromatic carbocycles. The molecular weight excluding hydrogens is 224 g/mol. The van der Waals surface area contributed by atoms with Crippen molar-refractivity contribution < 1.29 is 0 Å². The third-order valence-electron chi connectivity index (χ3n) is 3.48. The van der Waals surface area contributed by atoms with Gasteiger partial charge in [-0.3, -0.25) is 0 Å². The SMILES string of the molecule is C=Cn1cc(CNC(C)CN2CCCCC2)cn1. The lowest BCUT2D eigenvalue weighted by Gasteiger charge is -2.29. The van der Waals surface area contributed by atoms with Crippen LogP contribution in [0.1, 0.15) is 31.7 Å². The molecule has 1 atom stereocenters. The topological polar surface area (TPSA) is 33.1 Å². The molecular formula is C14H24N4. The largest absolute Gasteiger partial charge is 0.309 e. The molecule has 1 fully saturated rings. The van der Waals surface area contributed by atoms with Gasteiger partial charge >= 0.3 is 0 Å². The summed E-state index contributed by atoms with van der Waals surface area (Å²) in [7, 11) is 0. The average molecular weight is 248 g/mol. The molecule has 0 radical (unpaired) electrons. The molecule has 1 unspecified atom stereocenters. The van der Waals surface area contributed by atoms with Crippen LogP contribution in [0.4, 0.5) is 0 Å². The Hall–Kier alpha value is -1.13. The van der Waals surface area contributed by atoms with Crippen molar-refractivity contribution in [2.24, 2.45) is 0 Å². The van der Waals surface area contributed by atoms with Crippen molar-refractivity contribution in [1.82, 2.24) is 20.0 Å². The number of aromatic nitrogens is 2. The van der Waals surface area contributed by atoms with Crippen LogP contribution in [0, 0.1) is 0 Å². The van der Waals surface area contributed by atoms with E-state index in [1.165, 1.54) is 37.9 Å². The highest BCUT2D eigenvalue weighted by molar-refractivity contribution is 5.17. The monoisotopic (exact) mass is 248 g/mol. The van der Waals surface area contributed by atoms with Crippen molar-refractivity contribution in [3.63, 3.8) is 0 Å². The molecule has 0 bridgehead atoms. The molecule has 0 amide bonds. The molecule has 1 aliphatic rings. The van der Waals surface area contributed by atoms with Crippen LogP contribution in [0.15, 0.2) is 19.0 Å². The first-order chi connectivity index (χ1) is 8.78. The summed E-state index contributed by atoms with van der Waals surface area (Å²) in [5, 5.41) is 7.73. The van der Waals surface area contributed by atoms with Crippen LogP contribution in [-0.4, -0.2) is 40.4 Å². The number of nitrogens with zero attached hydrogens (tertiary/aromatic N) is 3. The van der Waals surface area contributed by atoms with Gasteiger partial charge in [-0.1, -0.05) is 13.0 Å². The maximum atomic E-state index is 4.18. The molecule has 1 aromatic rings. The van der Waals surface area contributed by atoms with Crippen LogP contribution in [0.2, 0.25) is 0 Å². The number of likely N-dealkylation sites (tertiary alicyclic amines) is 1. The van der Waals surface area contributed by atoms with Crippen LogP contribution in [0.5, 0.6) is 0 Å². The number of nitrogens with one attached hydrogen (secondary N) is 1. The second kappa shape index (κ2) is 6.71. The van der Waals surface area contributed by atoms with Gasteiger partial charge in [-0.25, -0.2) is 4.68 Å². The fraction of sp³-hybridized carbons (Fsp3) is 0.643. The van der Waals surface area contributed by atoms with Gasteiger partial charge in [0, 0.05) is 37.1 Å². The molecule has 1 N–H and O–H groups in total. The number of hydrogen-bond acceptors (Lipinski definition) is 3. The first kappa shape index (κ1) is 13.3. The molecule has 1 saturated heterocycles. The molecule has 18 heavy (non-hydrogen) atoms. The van der Waals surface area contributed by atoms with E-state index in [0.717, 1.165) is 13.1 Å². The summed E-state index contributed by atoms with van der Waals surface area (Å²) in [6, 6.07) is 0.523. The summed E-state index contributed by atoms with van der Waals surface area (Å²) in [4.78, 5) is 2.56. The van der Waals surface area contributed by atoms with Crippen LogP contribution in [-0.2, 0) is 6.54 Å². The highest BCUT2D eigenvalue weighted by atomic mass is 15.2. The van der Waals surface area contributed by atoms with Gasteiger partial charge in [-0.2, -0.15) is 5.10 Å². The average Bonchev–Trinajstić information content (AvgIpc) is 2.85. The van der Waals surface area contributed by atoms with Crippen molar-refractivity contribution in [3.05, 3.63) is 24.5 Å². The van der Waals surface area contributed by atoms with Gasteiger partial charge in [0.05, 0.1) is 6.20 Å². The van der Waals surface area contributed by atoms with Crippen molar-refractivity contribution in [2.45, 2.75) is 38.8 Å². The maximum Gasteiger partial charge on any atom is 0.0538 e. The van der Waals surface area contributed by atoms with Gasteiger partial charge in [0.2, 0.25) is 0 Å². The summed E-state index contributed by atoms with van der Waals surface area (Å²) in [5.41, 5.74) is 1.21. The minimum atomic E-state index is 0.523. The Morgan fingerprint density at radius 2 is 2.22 bits per heavy atom. The zero-order chi connectivity index (χ0) is 12.8. The van der Waals surface area contributed by atoms with Crippen LogP contribution in [0.3, 0.4) is 0 Å². The zero-order valence-electron chi connectivity index (χ0n) is 11.3. The third-order valence-corrected chi connectivity index (χ3v) is 3.48. The molecule has 2 rings (SSSR count). The van der Waals surface area contributed by atoms with Gasteiger partial charge in [-0.05, 0) is 32.9 Å².